The van der Waals surface area contributed by atoms with Crippen molar-refractivity contribution in [1.29, 1.82) is 0 Å². The Balaban J connectivity index is 1.60. The van der Waals surface area contributed by atoms with Crippen LogP contribution >= 0.6 is 15.9 Å². The lowest BCUT2D eigenvalue weighted by atomic mass is 9.76. The Labute approximate surface area is 134 Å². The molecule has 1 fully saturated rings. The van der Waals surface area contributed by atoms with Gasteiger partial charge in [-0.1, -0.05) is 46.3 Å². The molecular weight excluding hydrogens is 326 g/mol. The number of para-hydroxylation sites is 1. The molecule has 0 amide bonds. The molecule has 2 aromatic carbocycles. The first-order valence-electron chi connectivity index (χ1n) is 7.35. The van der Waals surface area contributed by atoms with Crippen molar-refractivity contribution >= 4 is 21.6 Å². The Hall–Kier alpha value is -1.32. The van der Waals surface area contributed by atoms with Crippen molar-refractivity contribution in [2.45, 2.75) is 31.4 Å². The second-order valence-corrected chi connectivity index (χ2v) is 6.57. The van der Waals surface area contributed by atoms with Crippen LogP contribution in [0.3, 0.4) is 0 Å². The van der Waals surface area contributed by atoms with Crippen LogP contribution in [0.25, 0.3) is 0 Å². The van der Waals surface area contributed by atoms with Gasteiger partial charge in [0.25, 0.3) is 0 Å². The fourth-order valence-corrected chi connectivity index (χ4v) is 3.35. The van der Waals surface area contributed by atoms with Crippen LogP contribution in [0, 0.1) is 0 Å². The number of rotatable bonds is 5. The van der Waals surface area contributed by atoms with Gasteiger partial charge >= 0.3 is 0 Å². The van der Waals surface area contributed by atoms with Crippen LogP contribution in [0.4, 0.5) is 5.69 Å². The summed E-state index contributed by atoms with van der Waals surface area (Å²) in [7, 11) is 1.74. The fourth-order valence-electron chi connectivity index (χ4n) is 2.93. The van der Waals surface area contributed by atoms with Crippen molar-refractivity contribution < 1.29 is 4.74 Å². The van der Waals surface area contributed by atoms with Crippen molar-refractivity contribution in [3.63, 3.8) is 0 Å². The van der Waals surface area contributed by atoms with Gasteiger partial charge in [0.05, 0.1) is 6.61 Å². The van der Waals surface area contributed by atoms with E-state index >= 15 is 0 Å². The van der Waals surface area contributed by atoms with Crippen LogP contribution < -0.4 is 5.32 Å². The summed E-state index contributed by atoms with van der Waals surface area (Å²) in [5, 5.41) is 3.65. The Kier molecular flexibility index (Phi) is 4.61. The van der Waals surface area contributed by atoms with E-state index in [1.54, 1.807) is 7.11 Å². The van der Waals surface area contributed by atoms with Gasteiger partial charge in [0.15, 0.2) is 0 Å². The molecule has 3 heteroatoms. The van der Waals surface area contributed by atoms with Crippen molar-refractivity contribution in [3.05, 3.63) is 64.1 Å². The highest BCUT2D eigenvalue weighted by molar-refractivity contribution is 9.10. The molecule has 1 N–H and O–H groups in total. The largest absolute Gasteiger partial charge is 0.382 e. The number of anilines is 1. The van der Waals surface area contributed by atoms with Crippen molar-refractivity contribution in [2.24, 2.45) is 0 Å². The molecule has 2 aromatic rings. The maximum absolute atomic E-state index is 5.26. The Morgan fingerprint density at radius 2 is 1.95 bits per heavy atom. The number of hydrogen-bond donors (Lipinski definition) is 1. The smallest absolute Gasteiger partial charge is 0.0733 e. The molecule has 0 atom stereocenters. The summed E-state index contributed by atoms with van der Waals surface area (Å²) in [6.07, 6.45) is 2.38. The van der Waals surface area contributed by atoms with Gasteiger partial charge in [-0.2, -0.15) is 0 Å². The third-order valence-corrected chi connectivity index (χ3v) is 4.63. The predicted octanol–water partition coefficient (Wildman–Crippen LogP) is 4.95. The molecule has 0 heterocycles. The lowest BCUT2D eigenvalue weighted by molar-refractivity contribution is 0.185. The second-order valence-electron chi connectivity index (χ2n) is 5.65. The standard InChI is InChI=1S/C18H20BrNO/c1-21-12-14-5-2-3-8-18(14)20-17-10-15(11-17)13-6-4-7-16(19)9-13/h2-9,15,17,20H,10-12H2,1H3. The quantitative estimate of drug-likeness (QED) is 0.827. The van der Waals surface area contributed by atoms with Crippen LogP contribution in [-0.2, 0) is 11.3 Å². The maximum atomic E-state index is 5.26. The van der Waals surface area contributed by atoms with E-state index in [0.717, 1.165) is 0 Å². The molecule has 3 rings (SSSR count). The molecule has 21 heavy (non-hydrogen) atoms. The number of methoxy groups -OCH3 is 1. The molecule has 110 valence electrons. The van der Waals surface area contributed by atoms with E-state index in [-0.39, 0.29) is 0 Å². The molecular formula is C18H20BrNO. The minimum Gasteiger partial charge on any atom is -0.382 e. The molecule has 1 saturated carbocycles. The molecule has 0 spiro atoms. The average molecular weight is 346 g/mol. The van der Waals surface area contributed by atoms with Gasteiger partial charge in [0, 0.05) is 28.9 Å². The molecule has 1 aliphatic carbocycles. The Bertz CT molecular complexity index is 608. The van der Waals surface area contributed by atoms with Gasteiger partial charge in [-0.15, -0.1) is 0 Å². The van der Waals surface area contributed by atoms with Gasteiger partial charge in [-0.05, 0) is 42.5 Å². The minimum atomic E-state index is 0.562. The summed E-state index contributed by atoms with van der Waals surface area (Å²) < 4.78 is 6.43. The maximum Gasteiger partial charge on any atom is 0.0733 e. The molecule has 0 aliphatic heterocycles. The SMILES string of the molecule is COCc1ccccc1NC1CC(c2cccc(Br)c2)C1. The lowest BCUT2D eigenvalue weighted by Crippen LogP contribution is -2.34. The minimum absolute atomic E-state index is 0.562. The van der Waals surface area contributed by atoms with Gasteiger partial charge in [-0.3, -0.25) is 0 Å². The fraction of sp³-hybridized carbons (Fsp3) is 0.333. The number of halogens is 1. The number of benzene rings is 2. The number of ether oxygens (including phenoxy) is 1. The highest BCUT2D eigenvalue weighted by Crippen LogP contribution is 2.39. The first-order chi connectivity index (χ1) is 10.3. The van der Waals surface area contributed by atoms with Crippen LogP contribution in [0.2, 0.25) is 0 Å². The Morgan fingerprint density at radius 1 is 1.14 bits per heavy atom. The second kappa shape index (κ2) is 6.63. The number of hydrogen-bond acceptors (Lipinski definition) is 2. The van der Waals surface area contributed by atoms with E-state index in [1.165, 1.54) is 34.1 Å². The normalized spacial score (nSPS) is 20.9. The van der Waals surface area contributed by atoms with E-state index in [1.807, 2.05) is 0 Å². The van der Waals surface area contributed by atoms with Crippen LogP contribution in [0.5, 0.6) is 0 Å². The topological polar surface area (TPSA) is 21.3 Å². The first kappa shape index (κ1) is 14.6. The average Bonchev–Trinajstić information content (AvgIpc) is 2.44. The van der Waals surface area contributed by atoms with Gasteiger partial charge in [-0.25, -0.2) is 0 Å². The molecule has 0 aromatic heterocycles. The van der Waals surface area contributed by atoms with E-state index in [9.17, 15) is 0 Å². The third-order valence-electron chi connectivity index (χ3n) is 4.13. The van der Waals surface area contributed by atoms with Crippen LogP contribution in [0.15, 0.2) is 53.0 Å². The van der Waals surface area contributed by atoms with Crippen molar-refractivity contribution in [2.75, 3.05) is 12.4 Å². The first-order valence-corrected chi connectivity index (χ1v) is 8.14. The zero-order valence-electron chi connectivity index (χ0n) is 12.2. The van der Waals surface area contributed by atoms with Crippen molar-refractivity contribution in [1.82, 2.24) is 0 Å². The number of nitrogens with one attached hydrogen (secondary N) is 1. The highest BCUT2D eigenvalue weighted by Gasteiger charge is 2.30. The zero-order valence-corrected chi connectivity index (χ0v) is 13.8. The highest BCUT2D eigenvalue weighted by atomic mass is 79.9. The van der Waals surface area contributed by atoms with Crippen LogP contribution in [0.1, 0.15) is 29.9 Å². The third kappa shape index (κ3) is 3.47. The summed E-state index contributed by atoms with van der Waals surface area (Å²) in [5.74, 6) is 0.676. The summed E-state index contributed by atoms with van der Waals surface area (Å²) >= 11 is 3.55. The molecule has 0 unspecified atom stereocenters. The molecule has 2 nitrogen and oxygen atoms in total. The Morgan fingerprint density at radius 3 is 2.71 bits per heavy atom. The molecule has 1 aliphatic rings. The van der Waals surface area contributed by atoms with E-state index in [4.69, 9.17) is 4.74 Å². The summed E-state index contributed by atoms with van der Waals surface area (Å²) in [5.41, 5.74) is 3.87. The molecule has 0 saturated heterocycles. The monoisotopic (exact) mass is 345 g/mol. The van der Waals surface area contributed by atoms with Crippen LogP contribution in [-0.4, -0.2) is 13.2 Å². The summed E-state index contributed by atoms with van der Waals surface area (Å²) in [6, 6.07) is 17.6. The zero-order chi connectivity index (χ0) is 14.7. The summed E-state index contributed by atoms with van der Waals surface area (Å²) in [4.78, 5) is 0. The summed E-state index contributed by atoms with van der Waals surface area (Å²) in [6.45, 7) is 0.658. The van der Waals surface area contributed by atoms with Gasteiger partial charge < -0.3 is 10.1 Å². The predicted molar refractivity (Wildman–Crippen MR) is 90.7 cm³/mol. The van der Waals surface area contributed by atoms with Crippen molar-refractivity contribution in [3.8, 4) is 0 Å². The van der Waals surface area contributed by atoms with E-state index in [0.29, 0.717) is 18.6 Å². The molecule has 0 radical (unpaired) electrons. The van der Waals surface area contributed by atoms with Gasteiger partial charge in [0.1, 0.15) is 0 Å². The van der Waals surface area contributed by atoms with Gasteiger partial charge in [0.2, 0.25) is 0 Å². The lowest BCUT2D eigenvalue weighted by Gasteiger charge is -2.37. The van der Waals surface area contributed by atoms with E-state index in [2.05, 4.69) is 69.8 Å². The van der Waals surface area contributed by atoms with E-state index < -0.39 is 0 Å². The molecule has 0 bridgehead atoms.